The summed E-state index contributed by atoms with van der Waals surface area (Å²) in [6.45, 7) is 25.6. The summed E-state index contributed by atoms with van der Waals surface area (Å²) in [4.78, 5) is 18.2. The van der Waals surface area contributed by atoms with Crippen LogP contribution in [0.3, 0.4) is 0 Å². The van der Waals surface area contributed by atoms with Crippen molar-refractivity contribution in [3.8, 4) is 21.9 Å². The predicted octanol–water partition coefficient (Wildman–Crippen LogP) is 14.8. The Morgan fingerprint density at radius 2 is 1.55 bits per heavy atom. The van der Waals surface area contributed by atoms with Crippen LogP contribution in [-0.2, 0) is 36.7 Å². The first-order valence-corrected chi connectivity index (χ1v) is 20.6. The standard InChI is InChI=1S/C34H32NOS.C15H28O2.Ir/c1-20(2)15-22-11-12-29-27(16-22)21(3)32(36-29)30-19-24-13-14-35-31(33(24)37-30)25-17-23-9-7-8-10-26(23)28(18-25)34(4,5)6;1-7-14(5,8-2)12(16)11-13(17)15(6,9-3)10-4;/h7-14,16,18-20H,15H2,1-6H3;11,16H,7-10H2,1-6H3;/q-1;;/b;12-11-;. The number of fused-ring (bicyclic) bond motifs is 3. The first-order valence-electron chi connectivity index (χ1n) is 19.8. The van der Waals surface area contributed by atoms with Crippen molar-refractivity contribution in [3.05, 3.63) is 101 Å². The number of rotatable bonds is 11. The maximum Gasteiger partial charge on any atom is 0.164 e. The second-order valence-corrected chi connectivity index (χ2v) is 18.0. The topological polar surface area (TPSA) is 63.3 Å². The van der Waals surface area contributed by atoms with Gasteiger partial charge >= 0.3 is 0 Å². The Morgan fingerprint density at radius 1 is 0.891 bits per heavy atom. The number of allylic oxidation sites excluding steroid dienone is 2. The number of hydrogen-bond donors (Lipinski definition) is 1. The fourth-order valence-corrected chi connectivity index (χ4v) is 8.23. The minimum atomic E-state index is -0.337. The van der Waals surface area contributed by atoms with Crippen LogP contribution >= 0.6 is 11.3 Å². The average molecular weight is 935 g/mol. The molecule has 4 nitrogen and oxygen atoms in total. The Hall–Kier alpha value is -3.57. The molecule has 55 heavy (non-hydrogen) atoms. The van der Waals surface area contributed by atoms with Crippen molar-refractivity contribution in [3.63, 3.8) is 0 Å². The molecule has 0 unspecified atom stereocenters. The largest absolute Gasteiger partial charge is 0.512 e. The summed E-state index contributed by atoms with van der Waals surface area (Å²) in [6.07, 6.45) is 7.74. The Morgan fingerprint density at radius 3 is 2.16 bits per heavy atom. The van der Waals surface area contributed by atoms with E-state index in [1.54, 1.807) is 11.3 Å². The fraction of sp³-hybridized carbons (Fsp3) is 0.429. The molecule has 0 atom stereocenters. The monoisotopic (exact) mass is 935 g/mol. The van der Waals surface area contributed by atoms with Crippen molar-refractivity contribution in [2.24, 2.45) is 16.7 Å². The number of carbonyl (C=O) groups excluding carboxylic acids is 1. The van der Waals surface area contributed by atoms with Gasteiger partial charge in [-0.3, -0.25) is 9.78 Å². The van der Waals surface area contributed by atoms with Crippen LogP contribution in [0.4, 0.5) is 0 Å². The number of ketones is 1. The van der Waals surface area contributed by atoms with E-state index in [0.29, 0.717) is 5.92 Å². The molecule has 0 bridgehead atoms. The van der Waals surface area contributed by atoms with Gasteiger partial charge in [-0.05, 0) is 85.6 Å². The number of nitrogens with zero attached hydrogens (tertiary/aromatic N) is 1. The molecule has 0 spiro atoms. The third-order valence-corrected chi connectivity index (χ3v) is 12.9. The zero-order chi connectivity index (χ0) is 39.6. The van der Waals surface area contributed by atoms with E-state index in [9.17, 15) is 9.90 Å². The number of carbonyl (C=O) groups is 1. The van der Waals surface area contributed by atoms with Crippen molar-refractivity contribution in [1.29, 1.82) is 0 Å². The van der Waals surface area contributed by atoms with Gasteiger partial charge in [0.25, 0.3) is 0 Å². The number of hydrogen-bond acceptors (Lipinski definition) is 5. The maximum absolute atomic E-state index is 12.2. The number of benzene rings is 3. The van der Waals surface area contributed by atoms with Gasteiger partial charge in [-0.2, -0.15) is 0 Å². The number of furan rings is 1. The predicted molar refractivity (Wildman–Crippen MR) is 232 cm³/mol. The molecule has 295 valence electrons. The van der Waals surface area contributed by atoms with Crippen molar-refractivity contribution in [1.82, 2.24) is 4.98 Å². The molecule has 6 rings (SSSR count). The quantitative estimate of drug-likeness (QED) is 0.0799. The van der Waals surface area contributed by atoms with Crippen molar-refractivity contribution in [2.45, 2.75) is 121 Å². The van der Waals surface area contributed by atoms with Crippen LogP contribution in [0.1, 0.15) is 119 Å². The SMILES string of the molecule is CCC(C)(CC)C(=O)/C=C(\O)C(C)(CC)CC.Cc1c(-c2cc3ccnc(-c4[c-]c5ccccc5c(C(C)(C)C)c4)c3s2)oc2ccc(CC(C)C)cc12.[Ir]. The van der Waals surface area contributed by atoms with Gasteiger partial charge < -0.3 is 9.52 Å². The van der Waals surface area contributed by atoms with Crippen LogP contribution < -0.4 is 0 Å². The molecule has 0 amide bonds. The molecule has 3 aromatic carbocycles. The fourth-order valence-electron chi connectivity index (χ4n) is 7.03. The van der Waals surface area contributed by atoms with Crippen molar-refractivity contribution < 1.29 is 34.4 Å². The molecular formula is C49H60IrNO3S-. The van der Waals surface area contributed by atoms with Crippen LogP contribution in [0.25, 0.3) is 53.7 Å². The van der Waals surface area contributed by atoms with Crippen LogP contribution in [0, 0.1) is 29.7 Å². The van der Waals surface area contributed by atoms with E-state index in [2.05, 4.69) is 108 Å². The Kier molecular flexibility index (Phi) is 14.2. The van der Waals surface area contributed by atoms with E-state index in [1.165, 1.54) is 43.6 Å². The Bertz CT molecular complexity index is 2290. The van der Waals surface area contributed by atoms with Gasteiger partial charge in [-0.15, -0.1) is 40.5 Å². The van der Waals surface area contributed by atoms with E-state index >= 15 is 0 Å². The summed E-state index contributed by atoms with van der Waals surface area (Å²) in [7, 11) is 0. The molecule has 6 aromatic rings. The minimum absolute atomic E-state index is 0. The summed E-state index contributed by atoms with van der Waals surface area (Å²) in [6, 6.07) is 25.5. The molecule has 0 saturated carbocycles. The van der Waals surface area contributed by atoms with Crippen LogP contribution in [-0.4, -0.2) is 15.9 Å². The number of aliphatic hydroxyl groups excluding tert-OH is 1. The third kappa shape index (κ3) is 9.36. The summed E-state index contributed by atoms with van der Waals surface area (Å²) < 4.78 is 7.59. The van der Waals surface area contributed by atoms with E-state index in [1.807, 2.05) is 47.7 Å². The number of pyridine rings is 1. The van der Waals surface area contributed by atoms with Gasteiger partial charge in [0.2, 0.25) is 0 Å². The normalized spacial score (nSPS) is 12.6. The molecule has 0 aliphatic carbocycles. The van der Waals surface area contributed by atoms with Gasteiger partial charge in [0.1, 0.15) is 17.1 Å². The van der Waals surface area contributed by atoms with Gasteiger partial charge in [-0.25, -0.2) is 0 Å². The van der Waals surface area contributed by atoms with E-state index < -0.39 is 0 Å². The first kappa shape index (κ1) is 44.1. The molecule has 1 radical (unpaired) electrons. The molecule has 3 heterocycles. The maximum atomic E-state index is 12.2. The summed E-state index contributed by atoms with van der Waals surface area (Å²) in [5.41, 5.74) is 6.27. The number of aryl methyl sites for hydroxylation is 1. The summed E-state index contributed by atoms with van der Waals surface area (Å²) >= 11 is 1.76. The van der Waals surface area contributed by atoms with Crippen LogP contribution in [0.5, 0.6) is 0 Å². The van der Waals surface area contributed by atoms with E-state index in [0.717, 1.165) is 65.0 Å². The van der Waals surface area contributed by atoms with E-state index in [-0.39, 0.29) is 47.9 Å². The summed E-state index contributed by atoms with van der Waals surface area (Å²) in [5.74, 6) is 1.87. The smallest absolute Gasteiger partial charge is 0.164 e. The first-order chi connectivity index (χ1) is 25.5. The second kappa shape index (κ2) is 17.7. The molecule has 0 aliphatic rings. The zero-order valence-corrected chi connectivity index (χ0v) is 38.2. The van der Waals surface area contributed by atoms with Gasteiger partial charge in [0.15, 0.2) is 5.78 Å². The Balaban J connectivity index is 0.000000320. The van der Waals surface area contributed by atoms with Crippen molar-refractivity contribution >= 4 is 48.9 Å². The average Bonchev–Trinajstić information content (AvgIpc) is 3.73. The van der Waals surface area contributed by atoms with Crippen molar-refractivity contribution in [2.75, 3.05) is 0 Å². The number of aromatic nitrogens is 1. The molecule has 1 N–H and O–H groups in total. The van der Waals surface area contributed by atoms with E-state index in [4.69, 9.17) is 9.40 Å². The van der Waals surface area contributed by atoms with Crippen LogP contribution in [0.2, 0.25) is 0 Å². The van der Waals surface area contributed by atoms with Crippen LogP contribution in [0.15, 0.2) is 83.1 Å². The number of aliphatic hydroxyl groups is 1. The summed E-state index contributed by atoms with van der Waals surface area (Å²) in [5, 5.41) is 14.9. The molecule has 0 saturated heterocycles. The molecule has 0 aliphatic heterocycles. The Labute approximate surface area is 347 Å². The van der Waals surface area contributed by atoms with Gasteiger partial charge in [-0.1, -0.05) is 111 Å². The molecule has 0 fully saturated rings. The number of thiophene rings is 1. The van der Waals surface area contributed by atoms with Gasteiger partial charge in [0, 0.05) is 64.6 Å². The molecule has 6 heteroatoms. The minimum Gasteiger partial charge on any atom is -0.512 e. The molecule has 3 aromatic heterocycles. The van der Waals surface area contributed by atoms with Gasteiger partial charge in [0.05, 0.1) is 4.88 Å². The molecular weight excluding hydrogens is 875 g/mol. The third-order valence-electron chi connectivity index (χ3n) is 11.7. The second-order valence-electron chi connectivity index (χ2n) is 17.0. The zero-order valence-electron chi connectivity index (χ0n) is 35.0.